The number of carbonyl (C=O) groups excluding carboxylic acids is 1. The zero-order chi connectivity index (χ0) is 19.7. The van der Waals surface area contributed by atoms with Crippen LogP contribution in [0.3, 0.4) is 0 Å². The molecule has 6 nitrogen and oxygen atoms in total. The second-order valence-corrected chi connectivity index (χ2v) is 5.17. The fourth-order valence-electron chi connectivity index (χ4n) is 1.97. The first-order valence-electron chi connectivity index (χ1n) is 7.33. The third-order valence-corrected chi connectivity index (χ3v) is 3.19. The van der Waals surface area contributed by atoms with Gasteiger partial charge in [0.15, 0.2) is 0 Å². The third kappa shape index (κ3) is 6.78. The molecular weight excluding hydrogens is 351 g/mol. The van der Waals surface area contributed by atoms with Gasteiger partial charge in [-0.1, -0.05) is 42.5 Å². The van der Waals surface area contributed by atoms with Crippen LogP contribution < -0.4 is 11.1 Å². The van der Waals surface area contributed by atoms with Crippen LogP contribution in [0.5, 0.6) is 0 Å². The number of carboxylic acids is 1. The molecule has 0 aliphatic rings. The van der Waals surface area contributed by atoms with E-state index < -0.39 is 18.2 Å². The molecule has 0 fully saturated rings. The average Bonchev–Trinajstić information content (AvgIpc) is 2.59. The van der Waals surface area contributed by atoms with E-state index in [1.54, 1.807) is 0 Å². The first-order valence-corrected chi connectivity index (χ1v) is 7.33. The Labute approximate surface area is 147 Å². The monoisotopic (exact) mass is 367 g/mol. The molecule has 1 atom stereocenters. The van der Waals surface area contributed by atoms with E-state index in [1.807, 2.05) is 48.5 Å². The van der Waals surface area contributed by atoms with E-state index in [-0.39, 0.29) is 12.5 Å². The molecule has 0 aliphatic heterocycles. The summed E-state index contributed by atoms with van der Waals surface area (Å²) in [5.41, 5.74) is 6.82. The SMILES string of the molecule is N#CCNC(=O)C(N)Cc1ccc2ccccc2c1.O=C(O)C(F)(F)F. The molecule has 0 heterocycles. The summed E-state index contributed by atoms with van der Waals surface area (Å²) in [5.74, 6) is -3.05. The van der Waals surface area contributed by atoms with E-state index in [4.69, 9.17) is 20.9 Å². The summed E-state index contributed by atoms with van der Waals surface area (Å²) in [4.78, 5) is 20.5. The second-order valence-electron chi connectivity index (χ2n) is 5.17. The number of hydrogen-bond acceptors (Lipinski definition) is 4. The van der Waals surface area contributed by atoms with Crippen LogP contribution in [0.4, 0.5) is 13.2 Å². The minimum absolute atomic E-state index is 0.00967. The van der Waals surface area contributed by atoms with Gasteiger partial charge in [0.2, 0.25) is 5.91 Å². The maximum Gasteiger partial charge on any atom is 0.490 e. The molecule has 0 aromatic heterocycles. The van der Waals surface area contributed by atoms with Crippen molar-refractivity contribution in [3.05, 3.63) is 48.0 Å². The van der Waals surface area contributed by atoms with Gasteiger partial charge in [-0.3, -0.25) is 4.79 Å². The number of nitrogens with two attached hydrogens (primary N) is 1. The lowest BCUT2D eigenvalue weighted by molar-refractivity contribution is -0.192. The summed E-state index contributed by atoms with van der Waals surface area (Å²) in [6.07, 6.45) is -4.62. The summed E-state index contributed by atoms with van der Waals surface area (Å²) in [6, 6.07) is 15.3. The van der Waals surface area contributed by atoms with Crippen molar-refractivity contribution in [2.45, 2.75) is 18.6 Å². The molecular formula is C17H16F3N3O3. The molecule has 0 saturated heterocycles. The number of alkyl halides is 3. The van der Waals surface area contributed by atoms with Gasteiger partial charge in [0.25, 0.3) is 0 Å². The highest BCUT2D eigenvalue weighted by atomic mass is 19.4. The molecule has 26 heavy (non-hydrogen) atoms. The highest BCUT2D eigenvalue weighted by Crippen LogP contribution is 2.16. The molecule has 2 aromatic rings. The van der Waals surface area contributed by atoms with Crippen LogP contribution in [0, 0.1) is 11.3 Å². The van der Waals surface area contributed by atoms with Crippen LogP contribution in [0.2, 0.25) is 0 Å². The van der Waals surface area contributed by atoms with E-state index in [9.17, 15) is 18.0 Å². The van der Waals surface area contributed by atoms with Crippen LogP contribution in [-0.4, -0.2) is 35.7 Å². The molecule has 2 rings (SSSR count). The Hall–Kier alpha value is -3.12. The number of rotatable bonds is 4. The van der Waals surface area contributed by atoms with E-state index >= 15 is 0 Å². The van der Waals surface area contributed by atoms with Gasteiger partial charge >= 0.3 is 12.1 Å². The number of nitrogens with one attached hydrogen (secondary N) is 1. The Kier molecular flexibility index (Phi) is 7.55. The minimum atomic E-state index is -5.08. The predicted octanol–water partition coefficient (Wildman–Crippen LogP) is 1.98. The second kappa shape index (κ2) is 9.39. The number of fused-ring (bicyclic) bond motifs is 1. The first kappa shape index (κ1) is 20.9. The normalized spacial score (nSPS) is 11.7. The smallest absolute Gasteiger partial charge is 0.475 e. The molecule has 0 bridgehead atoms. The number of amides is 1. The van der Waals surface area contributed by atoms with Crippen LogP contribution in [0.15, 0.2) is 42.5 Å². The Morgan fingerprint density at radius 2 is 1.77 bits per heavy atom. The first-order chi connectivity index (χ1) is 12.1. The van der Waals surface area contributed by atoms with E-state index in [0.717, 1.165) is 16.3 Å². The van der Waals surface area contributed by atoms with E-state index in [0.29, 0.717) is 6.42 Å². The Balaban J connectivity index is 0.000000412. The Morgan fingerprint density at radius 3 is 2.31 bits per heavy atom. The molecule has 0 spiro atoms. The van der Waals surface area contributed by atoms with Crippen LogP contribution in [-0.2, 0) is 16.0 Å². The highest BCUT2D eigenvalue weighted by Gasteiger charge is 2.38. The summed E-state index contributed by atoms with van der Waals surface area (Å²) in [6.45, 7) is -0.00967. The molecule has 0 saturated carbocycles. The fourth-order valence-corrected chi connectivity index (χ4v) is 1.97. The number of carboxylic acid groups (broad SMARTS) is 1. The number of nitrogens with zero attached hydrogens (tertiary/aromatic N) is 1. The highest BCUT2D eigenvalue weighted by molar-refractivity contribution is 5.84. The van der Waals surface area contributed by atoms with Gasteiger partial charge in [0.1, 0.15) is 6.54 Å². The predicted molar refractivity (Wildman–Crippen MR) is 87.9 cm³/mol. The van der Waals surface area contributed by atoms with Gasteiger partial charge in [0.05, 0.1) is 12.1 Å². The lowest BCUT2D eigenvalue weighted by Gasteiger charge is -2.11. The van der Waals surface area contributed by atoms with Crippen molar-refractivity contribution in [2.75, 3.05) is 6.54 Å². The van der Waals surface area contributed by atoms with Crippen LogP contribution in [0.25, 0.3) is 10.8 Å². The quantitative estimate of drug-likeness (QED) is 0.715. The van der Waals surface area contributed by atoms with Gasteiger partial charge < -0.3 is 16.2 Å². The minimum Gasteiger partial charge on any atom is -0.475 e. The van der Waals surface area contributed by atoms with Crippen molar-refractivity contribution < 1.29 is 27.9 Å². The van der Waals surface area contributed by atoms with Crippen molar-refractivity contribution in [1.82, 2.24) is 5.32 Å². The van der Waals surface area contributed by atoms with Gasteiger partial charge in [0, 0.05) is 0 Å². The molecule has 9 heteroatoms. The summed E-state index contributed by atoms with van der Waals surface area (Å²) in [5, 5.41) is 20.3. The number of carbonyl (C=O) groups is 2. The zero-order valence-corrected chi connectivity index (χ0v) is 13.5. The largest absolute Gasteiger partial charge is 0.490 e. The molecule has 0 aliphatic carbocycles. The van der Waals surface area contributed by atoms with Crippen molar-refractivity contribution in [3.63, 3.8) is 0 Å². The van der Waals surface area contributed by atoms with Gasteiger partial charge in [-0.15, -0.1) is 0 Å². The number of hydrogen-bond donors (Lipinski definition) is 3. The van der Waals surface area contributed by atoms with Crippen molar-refractivity contribution in [2.24, 2.45) is 5.73 Å². The Bertz CT molecular complexity index is 816. The van der Waals surface area contributed by atoms with Crippen LogP contribution in [0.1, 0.15) is 5.56 Å². The molecule has 1 amide bonds. The molecule has 0 radical (unpaired) electrons. The molecule has 4 N–H and O–H groups in total. The molecule has 2 aromatic carbocycles. The summed E-state index contributed by atoms with van der Waals surface area (Å²) < 4.78 is 31.7. The van der Waals surface area contributed by atoms with Crippen molar-refractivity contribution >= 4 is 22.6 Å². The summed E-state index contributed by atoms with van der Waals surface area (Å²) in [7, 11) is 0. The summed E-state index contributed by atoms with van der Waals surface area (Å²) >= 11 is 0. The fraction of sp³-hybridized carbons (Fsp3) is 0.235. The maximum atomic E-state index is 11.6. The maximum absolute atomic E-state index is 11.6. The number of halogens is 3. The van der Waals surface area contributed by atoms with Crippen LogP contribution >= 0.6 is 0 Å². The zero-order valence-electron chi connectivity index (χ0n) is 13.5. The lowest BCUT2D eigenvalue weighted by Crippen LogP contribution is -2.42. The number of aliphatic carboxylic acids is 1. The van der Waals surface area contributed by atoms with Gasteiger partial charge in [-0.25, -0.2) is 4.79 Å². The third-order valence-electron chi connectivity index (χ3n) is 3.19. The standard InChI is InChI=1S/C15H15N3O.C2HF3O2/c16-7-8-18-15(19)14(17)10-11-5-6-12-3-1-2-4-13(12)9-11;3-2(4,5)1(6)7/h1-6,9,14H,8,10,17H2,(H,18,19);(H,6,7). The molecule has 1 unspecified atom stereocenters. The van der Waals surface area contributed by atoms with Crippen molar-refractivity contribution in [3.8, 4) is 6.07 Å². The van der Waals surface area contributed by atoms with Gasteiger partial charge in [-0.05, 0) is 22.8 Å². The van der Waals surface area contributed by atoms with E-state index in [2.05, 4.69) is 5.32 Å². The lowest BCUT2D eigenvalue weighted by atomic mass is 10.0. The Morgan fingerprint density at radius 1 is 1.19 bits per heavy atom. The number of nitriles is 1. The van der Waals surface area contributed by atoms with E-state index in [1.165, 1.54) is 0 Å². The topological polar surface area (TPSA) is 116 Å². The molecule has 138 valence electrons. The average molecular weight is 367 g/mol. The van der Waals surface area contributed by atoms with Crippen molar-refractivity contribution in [1.29, 1.82) is 5.26 Å². The number of benzene rings is 2. The van der Waals surface area contributed by atoms with Gasteiger partial charge in [-0.2, -0.15) is 18.4 Å².